The van der Waals surface area contributed by atoms with Crippen LogP contribution in [0, 0.1) is 5.82 Å². The van der Waals surface area contributed by atoms with Crippen molar-refractivity contribution in [1.29, 1.82) is 0 Å². The summed E-state index contributed by atoms with van der Waals surface area (Å²) in [5.74, 6) is 0.112. The molecule has 14 heavy (non-hydrogen) atoms. The Balaban J connectivity index is 2.24. The van der Waals surface area contributed by atoms with Gasteiger partial charge < -0.3 is 5.32 Å². The van der Waals surface area contributed by atoms with Gasteiger partial charge in [-0.2, -0.15) is 0 Å². The fourth-order valence-electron chi connectivity index (χ4n) is 2.01. The third-order valence-electron chi connectivity index (χ3n) is 2.75. The van der Waals surface area contributed by atoms with E-state index in [1.807, 2.05) is 0 Å². The average molecular weight is 214 g/mol. The van der Waals surface area contributed by atoms with Crippen molar-refractivity contribution in [1.82, 2.24) is 5.32 Å². The molecular formula is C11H13ClFN. The first-order chi connectivity index (χ1) is 6.66. The molecule has 1 fully saturated rings. The maximum Gasteiger partial charge on any atom is 0.128 e. The largest absolute Gasteiger partial charge is 0.314 e. The first-order valence-electron chi connectivity index (χ1n) is 4.85. The van der Waals surface area contributed by atoms with Gasteiger partial charge in [0.2, 0.25) is 0 Å². The predicted molar refractivity (Wildman–Crippen MR) is 56.2 cm³/mol. The van der Waals surface area contributed by atoms with Crippen LogP contribution in [0.15, 0.2) is 18.2 Å². The monoisotopic (exact) mass is 213 g/mol. The van der Waals surface area contributed by atoms with E-state index in [9.17, 15) is 4.39 Å². The van der Waals surface area contributed by atoms with Gasteiger partial charge in [-0.25, -0.2) is 4.39 Å². The molecule has 1 aromatic carbocycles. The van der Waals surface area contributed by atoms with Gasteiger partial charge in [-0.3, -0.25) is 0 Å². The summed E-state index contributed by atoms with van der Waals surface area (Å²) in [5.41, 5.74) is 0.784. The molecular weight excluding hydrogens is 201 g/mol. The van der Waals surface area contributed by atoms with Crippen LogP contribution in [-0.2, 0) is 0 Å². The number of hydrogen-bond donors (Lipinski definition) is 1. The highest BCUT2D eigenvalue weighted by Crippen LogP contribution is 2.28. The smallest absolute Gasteiger partial charge is 0.128 e. The molecule has 0 bridgehead atoms. The summed E-state index contributed by atoms with van der Waals surface area (Å²) in [6.07, 6.45) is 0.999. The van der Waals surface area contributed by atoms with Crippen molar-refractivity contribution in [3.8, 4) is 0 Å². The van der Waals surface area contributed by atoms with Crippen molar-refractivity contribution in [2.75, 3.05) is 6.54 Å². The van der Waals surface area contributed by atoms with Crippen molar-refractivity contribution in [3.63, 3.8) is 0 Å². The summed E-state index contributed by atoms with van der Waals surface area (Å²) in [7, 11) is 0. The average Bonchev–Trinajstić information content (AvgIpc) is 2.51. The Morgan fingerprint density at radius 2 is 2.29 bits per heavy atom. The van der Waals surface area contributed by atoms with Gasteiger partial charge in [-0.15, -0.1) is 0 Å². The summed E-state index contributed by atoms with van der Waals surface area (Å²) in [6.45, 7) is 2.98. The van der Waals surface area contributed by atoms with Gasteiger partial charge in [0.05, 0.1) is 0 Å². The molecule has 1 heterocycles. The van der Waals surface area contributed by atoms with Crippen LogP contribution in [0.1, 0.15) is 24.8 Å². The molecule has 0 aliphatic carbocycles. The summed E-state index contributed by atoms with van der Waals surface area (Å²) in [5, 5.41) is 3.77. The summed E-state index contributed by atoms with van der Waals surface area (Å²) >= 11 is 5.70. The Kier molecular flexibility index (Phi) is 2.75. The van der Waals surface area contributed by atoms with E-state index < -0.39 is 0 Å². The van der Waals surface area contributed by atoms with E-state index in [4.69, 9.17) is 11.6 Å². The van der Waals surface area contributed by atoms with E-state index in [1.54, 1.807) is 12.1 Å². The van der Waals surface area contributed by atoms with E-state index in [2.05, 4.69) is 12.2 Å². The van der Waals surface area contributed by atoms with Gasteiger partial charge in [0.15, 0.2) is 0 Å². The van der Waals surface area contributed by atoms with Crippen LogP contribution in [0.3, 0.4) is 0 Å². The number of benzene rings is 1. The first-order valence-corrected chi connectivity index (χ1v) is 5.23. The standard InChI is InChI=1S/C11H13ClFN/c1-7-4-8(6-14-7)10-3-2-9(12)5-11(10)13/h2-3,5,7-8,14H,4,6H2,1H3. The molecule has 0 spiro atoms. The highest BCUT2D eigenvalue weighted by atomic mass is 35.5. The van der Waals surface area contributed by atoms with Crippen molar-refractivity contribution < 1.29 is 4.39 Å². The second-order valence-electron chi connectivity index (χ2n) is 3.91. The van der Waals surface area contributed by atoms with Crippen LogP contribution in [0.2, 0.25) is 5.02 Å². The quantitative estimate of drug-likeness (QED) is 0.757. The lowest BCUT2D eigenvalue weighted by molar-refractivity contribution is 0.584. The zero-order chi connectivity index (χ0) is 10.1. The van der Waals surface area contributed by atoms with E-state index in [-0.39, 0.29) is 5.82 Å². The Hall–Kier alpha value is -0.600. The van der Waals surface area contributed by atoms with Crippen LogP contribution >= 0.6 is 11.6 Å². The number of nitrogens with one attached hydrogen (secondary N) is 1. The number of halogens is 2. The Labute approximate surface area is 88.3 Å². The fraction of sp³-hybridized carbons (Fsp3) is 0.455. The van der Waals surface area contributed by atoms with Gasteiger partial charge in [0.1, 0.15) is 5.82 Å². The molecule has 1 N–H and O–H groups in total. The van der Waals surface area contributed by atoms with Crippen LogP contribution in [-0.4, -0.2) is 12.6 Å². The summed E-state index contributed by atoms with van der Waals surface area (Å²) in [6, 6.07) is 5.42. The zero-order valence-electron chi connectivity index (χ0n) is 8.06. The van der Waals surface area contributed by atoms with Gasteiger partial charge >= 0.3 is 0 Å². The second kappa shape index (κ2) is 3.87. The third kappa shape index (κ3) is 1.91. The Morgan fingerprint density at radius 3 is 2.86 bits per heavy atom. The molecule has 0 radical (unpaired) electrons. The molecule has 2 rings (SSSR count). The van der Waals surface area contributed by atoms with Gasteiger partial charge in [-0.05, 0) is 31.0 Å². The third-order valence-corrected chi connectivity index (χ3v) is 2.99. The molecule has 2 atom stereocenters. The maximum atomic E-state index is 13.5. The van der Waals surface area contributed by atoms with Crippen LogP contribution in [0.4, 0.5) is 4.39 Å². The lowest BCUT2D eigenvalue weighted by Gasteiger charge is -2.10. The molecule has 2 unspecified atom stereocenters. The minimum Gasteiger partial charge on any atom is -0.314 e. The molecule has 1 aliphatic rings. The molecule has 0 saturated carbocycles. The molecule has 3 heteroatoms. The Bertz CT molecular complexity index is 340. The van der Waals surface area contributed by atoms with E-state index in [0.29, 0.717) is 17.0 Å². The van der Waals surface area contributed by atoms with E-state index in [0.717, 1.165) is 18.5 Å². The van der Waals surface area contributed by atoms with Crippen LogP contribution in [0.5, 0.6) is 0 Å². The van der Waals surface area contributed by atoms with Crippen molar-refractivity contribution in [3.05, 3.63) is 34.6 Å². The normalized spacial score (nSPS) is 26.8. The molecule has 1 aliphatic heterocycles. The highest BCUT2D eigenvalue weighted by Gasteiger charge is 2.24. The molecule has 1 nitrogen and oxygen atoms in total. The van der Waals surface area contributed by atoms with E-state index >= 15 is 0 Å². The van der Waals surface area contributed by atoms with Crippen LogP contribution in [0.25, 0.3) is 0 Å². The summed E-state index contributed by atoms with van der Waals surface area (Å²) < 4.78 is 13.5. The minimum atomic E-state index is -0.182. The Morgan fingerprint density at radius 1 is 1.50 bits per heavy atom. The molecule has 76 valence electrons. The first kappa shape index (κ1) is 9.94. The van der Waals surface area contributed by atoms with Crippen molar-refractivity contribution in [2.45, 2.75) is 25.3 Å². The second-order valence-corrected chi connectivity index (χ2v) is 4.34. The molecule has 1 saturated heterocycles. The van der Waals surface area contributed by atoms with Crippen molar-refractivity contribution in [2.24, 2.45) is 0 Å². The minimum absolute atomic E-state index is 0.182. The highest BCUT2D eigenvalue weighted by molar-refractivity contribution is 6.30. The van der Waals surface area contributed by atoms with Gasteiger partial charge in [0, 0.05) is 23.5 Å². The molecule has 0 amide bonds. The molecule has 0 aromatic heterocycles. The van der Waals surface area contributed by atoms with Crippen molar-refractivity contribution >= 4 is 11.6 Å². The summed E-state index contributed by atoms with van der Waals surface area (Å²) in [4.78, 5) is 0. The van der Waals surface area contributed by atoms with Gasteiger partial charge in [-0.1, -0.05) is 17.7 Å². The van der Waals surface area contributed by atoms with E-state index in [1.165, 1.54) is 6.07 Å². The lowest BCUT2D eigenvalue weighted by atomic mass is 9.96. The maximum absolute atomic E-state index is 13.5. The number of rotatable bonds is 1. The predicted octanol–water partition coefficient (Wildman–Crippen LogP) is 2.94. The number of hydrogen-bond acceptors (Lipinski definition) is 1. The topological polar surface area (TPSA) is 12.0 Å². The fourth-order valence-corrected chi connectivity index (χ4v) is 2.17. The SMILES string of the molecule is CC1CC(c2ccc(Cl)cc2F)CN1. The zero-order valence-corrected chi connectivity index (χ0v) is 8.81. The molecule has 1 aromatic rings. The van der Waals surface area contributed by atoms with Gasteiger partial charge in [0.25, 0.3) is 0 Å². The lowest BCUT2D eigenvalue weighted by Crippen LogP contribution is -2.16. The van der Waals surface area contributed by atoms with Crippen LogP contribution < -0.4 is 5.32 Å².